The normalized spacial score (nSPS) is 15.4. The van der Waals surface area contributed by atoms with Crippen LogP contribution in [-0.4, -0.2) is 56.7 Å². The highest BCUT2D eigenvalue weighted by molar-refractivity contribution is 7.85. The van der Waals surface area contributed by atoms with Crippen molar-refractivity contribution in [1.82, 2.24) is 0 Å². The van der Waals surface area contributed by atoms with E-state index in [-0.39, 0.29) is 17.0 Å². The van der Waals surface area contributed by atoms with Crippen LogP contribution in [0.3, 0.4) is 0 Å². The summed E-state index contributed by atoms with van der Waals surface area (Å²) in [4.78, 5) is 11.8. The zero-order valence-corrected chi connectivity index (χ0v) is 26.2. The van der Waals surface area contributed by atoms with Gasteiger partial charge in [-0.05, 0) is 25.5 Å². The minimum Gasteiger partial charge on any atom is -0.744 e. The monoisotopic (exact) mass is 567 g/mol. The lowest BCUT2D eigenvalue weighted by Crippen LogP contribution is -2.48. The molecule has 1 saturated heterocycles. The summed E-state index contributed by atoms with van der Waals surface area (Å²) < 4.78 is 37.9. The number of hydrogen-bond acceptors (Lipinski definition) is 5. The number of hydrogen-bond donors (Lipinski definition) is 0. The summed E-state index contributed by atoms with van der Waals surface area (Å²) in [7, 11) is 0.246. The lowest BCUT2D eigenvalue weighted by atomic mass is 10.0. The van der Waals surface area contributed by atoms with Crippen molar-refractivity contribution < 1.29 is 27.0 Å². The van der Waals surface area contributed by atoms with Crippen molar-refractivity contribution in [2.75, 3.05) is 27.2 Å². The van der Waals surface area contributed by atoms with Crippen LogP contribution >= 0.6 is 0 Å². The molecule has 1 fully saturated rings. The fourth-order valence-electron chi connectivity index (χ4n) is 4.95. The van der Waals surface area contributed by atoms with Gasteiger partial charge in [0, 0.05) is 19.3 Å². The summed E-state index contributed by atoms with van der Waals surface area (Å²) in [5.41, 5.74) is 0.928. The summed E-state index contributed by atoms with van der Waals surface area (Å²) in [5, 5.41) is 0. The molecule has 0 spiro atoms. The standard InChI is InChI=1S/C25H50NO2.C7H8O3S/c1-4-5-6-7-8-9-10-11-12-13-14-15-16-17-18-19-25(27)28-24-20-22-26(2,3)23-21-24;1-6-2-4-7(5-3-6)11(8,9)10/h24H,4-23H2,1-3H3;2-5H,1H3,(H,8,9,10)/q+1;/p-1. The van der Waals surface area contributed by atoms with Crippen molar-refractivity contribution in [1.29, 1.82) is 0 Å². The molecule has 0 N–H and O–H groups in total. The van der Waals surface area contributed by atoms with E-state index in [0.29, 0.717) is 6.42 Å². The average molecular weight is 568 g/mol. The van der Waals surface area contributed by atoms with Crippen LogP contribution in [0.4, 0.5) is 0 Å². The summed E-state index contributed by atoms with van der Waals surface area (Å²) in [6.45, 7) is 6.35. The smallest absolute Gasteiger partial charge is 0.306 e. The molecule has 1 aliphatic rings. The van der Waals surface area contributed by atoms with Gasteiger partial charge in [-0.25, -0.2) is 8.42 Å². The van der Waals surface area contributed by atoms with Crippen molar-refractivity contribution >= 4 is 16.1 Å². The largest absolute Gasteiger partial charge is 0.744 e. The van der Waals surface area contributed by atoms with Gasteiger partial charge in [0.1, 0.15) is 16.2 Å². The molecule has 1 heterocycles. The molecule has 6 nitrogen and oxygen atoms in total. The number of piperidine rings is 1. The van der Waals surface area contributed by atoms with Crippen LogP contribution in [0, 0.1) is 6.92 Å². The summed E-state index contributed by atoms with van der Waals surface area (Å²) in [6.07, 6.45) is 23.2. The number of likely N-dealkylation sites (tertiary alicyclic amines) is 1. The molecule has 0 aromatic heterocycles. The topological polar surface area (TPSA) is 83.5 Å². The van der Waals surface area contributed by atoms with Gasteiger partial charge < -0.3 is 13.8 Å². The molecule has 7 heteroatoms. The third-order valence-corrected chi connectivity index (χ3v) is 8.55. The molecule has 0 saturated carbocycles. The molecule has 0 bridgehead atoms. The molecule has 1 aliphatic heterocycles. The van der Waals surface area contributed by atoms with E-state index in [1.807, 2.05) is 6.92 Å². The molecule has 0 radical (unpaired) electrons. The van der Waals surface area contributed by atoms with Crippen molar-refractivity contribution in [3.8, 4) is 0 Å². The van der Waals surface area contributed by atoms with Crippen LogP contribution < -0.4 is 0 Å². The Morgan fingerprint density at radius 2 is 1.21 bits per heavy atom. The minimum atomic E-state index is -4.27. The maximum atomic E-state index is 12.0. The number of unbranched alkanes of at least 4 members (excludes halogenated alkanes) is 14. The molecule has 0 amide bonds. The van der Waals surface area contributed by atoms with E-state index in [9.17, 15) is 17.8 Å². The lowest BCUT2D eigenvalue weighted by molar-refractivity contribution is -0.896. The van der Waals surface area contributed by atoms with Gasteiger partial charge in [0.25, 0.3) is 0 Å². The molecule has 0 atom stereocenters. The summed E-state index contributed by atoms with van der Waals surface area (Å²) >= 11 is 0. The quantitative estimate of drug-likeness (QED) is 0.0778. The zero-order valence-electron chi connectivity index (χ0n) is 25.4. The fourth-order valence-corrected chi connectivity index (χ4v) is 5.42. The number of carbonyl (C=O) groups excluding carboxylic acids is 1. The van der Waals surface area contributed by atoms with Crippen LogP contribution in [0.15, 0.2) is 29.2 Å². The van der Waals surface area contributed by atoms with Crippen molar-refractivity contribution in [2.24, 2.45) is 0 Å². The number of aryl methyl sites for hydroxylation is 1. The van der Waals surface area contributed by atoms with E-state index in [2.05, 4.69) is 21.0 Å². The van der Waals surface area contributed by atoms with Crippen LogP contribution in [-0.2, 0) is 19.6 Å². The number of nitrogens with zero attached hydrogens (tertiary/aromatic N) is 1. The van der Waals surface area contributed by atoms with Crippen LogP contribution in [0.2, 0.25) is 0 Å². The number of ether oxygens (including phenoxy) is 1. The SMILES string of the molecule is CCCCCCCCCCCCCCCCCC(=O)OC1CC[N+](C)(C)CC1.Cc1ccc(S(=O)(=O)[O-])cc1. The fraction of sp³-hybridized carbons (Fsp3) is 0.781. The van der Waals surface area contributed by atoms with Gasteiger partial charge in [-0.15, -0.1) is 0 Å². The van der Waals surface area contributed by atoms with Gasteiger partial charge in [-0.1, -0.05) is 115 Å². The van der Waals surface area contributed by atoms with Crippen LogP contribution in [0.25, 0.3) is 0 Å². The Morgan fingerprint density at radius 3 is 1.62 bits per heavy atom. The van der Waals surface area contributed by atoms with Gasteiger partial charge in [0.05, 0.1) is 32.1 Å². The van der Waals surface area contributed by atoms with Gasteiger partial charge in [0.2, 0.25) is 0 Å². The molecule has 1 aromatic carbocycles. The number of esters is 1. The molecular weight excluding hydrogens is 510 g/mol. The first-order chi connectivity index (χ1) is 18.5. The zero-order chi connectivity index (χ0) is 29.0. The first-order valence-corrected chi connectivity index (χ1v) is 17.0. The number of carbonyl (C=O) groups is 1. The molecule has 0 aliphatic carbocycles. The highest BCUT2D eigenvalue weighted by Gasteiger charge is 2.28. The predicted molar refractivity (Wildman–Crippen MR) is 160 cm³/mol. The third kappa shape index (κ3) is 19.3. The van der Waals surface area contributed by atoms with Gasteiger partial charge in [0.15, 0.2) is 0 Å². The van der Waals surface area contributed by atoms with E-state index in [1.165, 1.54) is 102 Å². The number of rotatable bonds is 18. The molecule has 0 unspecified atom stereocenters. The van der Waals surface area contributed by atoms with E-state index in [1.54, 1.807) is 12.1 Å². The third-order valence-electron chi connectivity index (χ3n) is 7.71. The van der Waals surface area contributed by atoms with Gasteiger partial charge >= 0.3 is 5.97 Å². The van der Waals surface area contributed by atoms with Gasteiger partial charge in [-0.2, -0.15) is 0 Å². The van der Waals surface area contributed by atoms with Crippen molar-refractivity contribution in [2.45, 2.75) is 140 Å². The second-order valence-corrected chi connectivity index (χ2v) is 13.4. The maximum absolute atomic E-state index is 12.0. The Bertz CT molecular complexity index is 857. The first-order valence-electron chi connectivity index (χ1n) is 15.6. The Kier molecular flexibility index (Phi) is 18.6. The van der Waals surface area contributed by atoms with E-state index < -0.39 is 10.1 Å². The Morgan fingerprint density at radius 1 is 0.795 bits per heavy atom. The predicted octanol–water partition coefficient (Wildman–Crippen LogP) is 7.93. The molecule has 226 valence electrons. The number of benzene rings is 1. The van der Waals surface area contributed by atoms with Crippen LogP contribution in [0.1, 0.15) is 128 Å². The Labute approximate surface area is 240 Å². The van der Waals surface area contributed by atoms with E-state index in [0.717, 1.165) is 42.4 Å². The average Bonchev–Trinajstić information content (AvgIpc) is 2.88. The highest BCUT2D eigenvalue weighted by Crippen LogP contribution is 2.18. The Hall–Kier alpha value is -1.44. The summed E-state index contributed by atoms with van der Waals surface area (Å²) in [6, 6.07) is 5.78. The van der Waals surface area contributed by atoms with Gasteiger partial charge in [-0.3, -0.25) is 4.79 Å². The summed E-state index contributed by atoms with van der Waals surface area (Å²) in [5.74, 6) is 0.0342. The second-order valence-electron chi connectivity index (χ2n) is 12.0. The Balaban J connectivity index is 0.000000573. The first kappa shape index (κ1) is 35.6. The maximum Gasteiger partial charge on any atom is 0.306 e. The number of quaternary nitrogens is 1. The lowest BCUT2D eigenvalue weighted by Gasteiger charge is -2.36. The van der Waals surface area contributed by atoms with Crippen molar-refractivity contribution in [3.63, 3.8) is 0 Å². The molecule has 2 rings (SSSR count). The highest BCUT2D eigenvalue weighted by atomic mass is 32.2. The molecular formula is C32H57NO5S. The molecule has 39 heavy (non-hydrogen) atoms. The second kappa shape index (κ2) is 20.4. The van der Waals surface area contributed by atoms with E-state index >= 15 is 0 Å². The van der Waals surface area contributed by atoms with Crippen LogP contribution in [0.5, 0.6) is 0 Å². The minimum absolute atomic E-state index is 0.0342. The van der Waals surface area contributed by atoms with Crippen molar-refractivity contribution in [3.05, 3.63) is 29.8 Å². The molecule has 1 aromatic rings. The van der Waals surface area contributed by atoms with E-state index in [4.69, 9.17) is 4.74 Å².